The lowest BCUT2D eigenvalue weighted by atomic mass is 10.1. The van der Waals surface area contributed by atoms with Crippen molar-refractivity contribution in [2.45, 2.75) is 26.5 Å². The van der Waals surface area contributed by atoms with Crippen LogP contribution >= 0.6 is 15.9 Å². The minimum atomic E-state index is 0.523. The third kappa shape index (κ3) is 3.81. The number of rotatable bonds is 6. The second-order valence-electron chi connectivity index (χ2n) is 4.30. The van der Waals surface area contributed by atoms with E-state index in [1.807, 2.05) is 29.2 Å². The Morgan fingerprint density at radius 3 is 2.84 bits per heavy atom. The average molecular weight is 324 g/mol. The Morgan fingerprint density at radius 2 is 2.21 bits per heavy atom. The molecule has 0 saturated carbocycles. The largest absolute Gasteiger partial charge is 0.488 e. The van der Waals surface area contributed by atoms with E-state index in [2.05, 4.69) is 34.0 Å². The van der Waals surface area contributed by atoms with Crippen molar-refractivity contribution >= 4 is 15.9 Å². The van der Waals surface area contributed by atoms with Gasteiger partial charge in [-0.15, -0.1) is 0 Å². The van der Waals surface area contributed by atoms with Gasteiger partial charge in [-0.25, -0.2) is 0 Å². The highest BCUT2D eigenvalue weighted by atomic mass is 79.9. The van der Waals surface area contributed by atoms with Gasteiger partial charge in [0.05, 0.1) is 10.7 Å². The predicted molar refractivity (Wildman–Crippen MR) is 79.1 cm³/mol. The van der Waals surface area contributed by atoms with Gasteiger partial charge in [-0.05, 0) is 53.5 Å². The minimum Gasteiger partial charge on any atom is -0.488 e. The molecule has 0 atom stereocenters. The molecular formula is C14H18BrN3O. The minimum absolute atomic E-state index is 0.523. The van der Waals surface area contributed by atoms with E-state index in [4.69, 9.17) is 10.5 Å². The molecule has 2 N–H and O–H groups in total. The van der Waals surface area contributed by atoms with E-state index in [-0.39, 0.29) is 0 Å². The summed E-state index contributed by atoms with van der Waals surface area (Å²) in [6, 6.07) is 6.07. The van der Waals surface area contributed by atoms with Gasteiger partial charge in [0.2, 0.25) is 0 Å². The van der Waals surface area contributed by atoms with Gasteiger partial charge in [-0.2, -0.15) is 5.10 Å². The summed E-state index contributed by atoms with van der Waals surface area (Å²) in [4.78, 5) is 0. The van der Waals surface area contributed by atoms with Crippen LogP contribution in [0.3, 0.4) is 0 Å². The summed E-state index contributed by atoms with van der Waals surface area (Å²) < 4.78 is 8.63. The van der Waals surface area contributed by atoms with Crippen molar-refractivity contribution in [3.8, 4) is 5.75 Å². The molecule has 0 amide bonds. The number of hydrogen-bond donors (Lipinski definition) is 1. The Morgan fingerprint density at radius 1 is 1.37 bits per heavy atom. The van der Waals surface area contributed by atoms with E-state index in [1.165, 1.54) is 5.56 Å². The number of nitrogens with zero attached hydrogens (tertiary/aromatic N) is 2. The van der Waals surface area contributed by atoms with Gasteiger partial charge in [-0.3, -0.25) is 4.68 Å². The van der Waals surface area contributed by atoms with E-state index in [9.17, 15) is 0 Å². The highest BCUT2D eigenvalue weighted by Crippen LogP contribution is 2.26. The molecule has 0 aliphatic heterocycles. The molecule has 102 valence electrons. The predicted octanol–water partition coefficient (Wildman–Crippen LogP) is 2.75. The van der Waals surface area contributed by atoms with Crippen molar-refractivity contribution in [1.82, 2.24) is 9.78 Å². The monoisotopic (exact) mass is 323 g/mol. The fourth-order valence-electron chi connectivity index (χ4n) is 1.80. The lowest BCUT2D eigenvalue weighted by Gasteiger charge is -2.08. The fourth-order valence-corrected chi connectivity index (χ4v) is 2.34. The normalized spacial score (nSPS) is 10.7. The molecule has 19 heavy (non-hydrogen) atoms. The first-order valence-electron chi connectivity index (χ1n) is 6.35. The van der Waals surface area contributed by atoms with Crippen molar-refractivity contribution in [3.63, 3.8) is 0 Å². The Kier molecular flexibility index (Phi) is 4.99. The van der Waals surface area contributed by atoms with E-state index < -0.39 is 0 Å². The maximum absolute atomic E-state index is 5.78. The third-order valence-electron chi connectivity index (χ3n) is 2.83. The molecule has 1 heterocycles. The molecule has 0 aliphatic rings. The van der Waals surface area contributed by atoms with Crippen LogP contribution in [0, 0.1) is 0 Å². The molecule has 0 saturated heterocycles. The fraction of sp³-hybridized carbons (Fsp3) is 0.357. The van der Waals surface area contributed by atoms with Crippen molar-refractivity contribution in [3.05, 3.63) is 46.2 Å². The lowest BCUT2D eigenvalue weighted by Crippen LogP contribution is -2.03. The summed E-state index contributed by atoms with van der Waals surface area (Å²) in [6.07, 6.45) is 4.71. The first kappa shape index (κ1) is 14.1. The van der Waals surface area contributed by atoms with Gasteiger partial charge in [-0.1, -0.05) is 6.07 Å². The van der Waals surface area contributed by atoms with Gasteiger partial charge in [0, 0.05) is 18.3 Å². The van der Waals surface area contributed by atoms with E-state index >= 15 is 0 Å². The van der Waals surface area contributed by atoms with Crippen LogP contribution in [-0.4, -0.2) is 16.3 Å². The van der Waals surface area contributed by atoms with Crippen molar-refractivity contribution in [2.75, 3.05) is 6.54 Å². The van der Waals surface area contributed by atoms with Crippen molar-refractivity contribution in [1.29, 1.82) is 0 Å². The van der Waals surface area contributed by atoms with Crippen LogP contribution in [0.2, 0.25) is 0 Å². The maximum atomic E-state index is 5.78. The first-order valence-corrected chi connectivity index (χ1v) is 7.15. The van der Waals surface area contributed by atoms with Gasteiger partial charge in [0.15, 0.2) is 0 Å². The molecule has 2 aromatic rings. The van der Waals surface area contributed by atoms with Gasteiger partial charge in [0.25, 0.3) is 0 Å². The quantitative estimate of drug-likeness (QED) is 0.889. The summed E-state index contributed by atoms with van der Waals surface area (Å²) in [7, 11) is 0. The highest BCUT2D eigenvalue weighted by molar-refractivity contribution is 9.10. The Balaban J connectivity index is 1.99. The number of aryl methyl sites for hydroxylation is 1. The smallest absolute Gasteiger partial charge is 0.134 e. The zero-order valence-corrected chi connectivity index (χ0v) is 12.6. The summed E-state index contributed by atoms with van der Waals surface area (Å²) in [6.45, 7) is 4.11. The van der Waals surface area contributed by atoms with E-state index in [1.54, 1.807) is 0 Å². The summed E-state index contributed by atoms with van der Waals surface area (Å²) in [5.74, 6) is 0.838. The van der Waals surface area contributed by atoms with Crippen LogP contribution in [0.5, 0.6) is 5.75 Å². The number of halogens is 1. The van der Waals surface area contributed by atoms with Crippen molar-refractivity contribution < 1.29 is 4.74 Å². The number of aromatic nitrogens is 2. The molecule has 2 rings (SSSR count). The van der Waals surface area contributed by atoms with Crippen LogP contribution in [-0.2, 0) is 19.6 Å². The lowest BCUT2D eigenvalue weighted by molar-refractivity contribution is 0.304. The SMILES string of the molecule is CCn1cc(COc2ccc(CCN)cc2Br)cn1. The van der Waals surface area contributed by atoms with Crippen LogP contribution in [0.15, 0.2) is 35.1 Å². The maximum Gasteiger partial charge on any atom is 0.134 e. The molecule has 0 aliphatic carbocycles. The average Bonchev–Trinajstić information content (AvgIpc) is 2.86. The molecule has 0 unspecified atom stereocenters. The molecule has 1 aromatic carbocycles. The number of benzene rings is 1. The summed E-state index contributed by atoms with van der Waals surface area (Å²) in [5.41, 5.74) is 7.82. The van der Waals surface area contributed by atoms with Gasteiger partial charge in [0.1, 0.15) is 12.4 Å². The number of hydrogen-bond acceptors (Lipinski definition) is 3. The zero-order valence-electron chi connectivity index (χ0n) is 11.0. The topological polar surface area (TPSA) is 53.1 Å². The zero-order chi connectivity index (χ0) is 13.7. The van der Waals surface area contributed by atoms with Crippen LogP contribution in [0.4, 0.5) is 0 Å². The Labute approximate surface area is 121 Å². The molecule has 0 fully saturated rings. The number of ether oxygens (including phenoxy) is 1. The van der Waals surface area contributed by atoms with Crippen LogP contribution in [0.1, 0.15) is 18.1 Å². The Hall–Kier alpha value is -1.33. The Bertz CT molecular complexity index is 539. The molecule has 1 aromatic heterocycles. The first-order chi connectivity index (χ1) is 9.22. The van der Waals surface area contributed by atoms with Gasteiger partial charge >= 0.3 is 0 Å². The van der Waals surface area contributed by atoms with Gasteiger partial charge < -0.3 is 10.5 Å². The van der Waals surface area contributed by atoms with E-state index in [0.717, 1.165) is 28.8 Å². The van der Waals surface area contributed by atoms with Crippen LogP contribution < -0.4 is 10.5 Å². The highest BCUT2D eigenvalue weighted by Gasteiger charge is 2.04. The summed E-state index contributed by atoms with van der Waals surface area (Å²) >= 11 is 3.52. The molecule has 0 spiro atoms. The standard InChI is InChI=1S/C14H18BrN3O/c1-2-18-9-12(8-17-18)10-19-14-4-3-11(5-6-16)7-13(14)15/h3-4,7-9H,2,5-6,10,16H2,1H3. The van der Waals surface area contributed by atoms with E-state index in [0.29, 0.717) is 13.2 Å². The summed E-state index contributed by atoms with van der Waals surface area (Å²) in [5, 5.41) is 4.22. The van der Waals surface area contributed by atoms with Crippen LogP contribution in [0.25, 0.3) is 0 Å². The molecule has 4 nitrogen and oxygen atoms in total. The molecule has 0 radical (unpaired) electrons. The second kappa shape index (κ2) is 6.73. The molecular weight excluding hydrogens is 306 g/mol. The second-order valence-corrected chi connectivity index (χ2v) is 5.15. The molecule has 0 bridgehead atoms. The van der Waals surface area contributed by atoms with Crippen molar-refractivity contribution in [2.24, 2.45) is 5.73 Å². The molecule has 5 heteroatoms. The third-order valence-corrected chi connectivity index (χ3v) is 3.45. The number of nitrogens with two attached hydrogens (primary N) is 1.